The number of hydrogen-bond donors (Lipinski definition) is 1. The van der Waals surface area contributed by atoms with Crippen molar-refractivity contribution in [2.75, 3.05) is 0 Å². The molecule has 0 bridgehead atoms. The molecule has 3 unspecified atom stereocenters. The minimum absolute atomic E-state index is 0.467. The van der Waals surface area contributed by atoms with Gasteiger partial charge < -0.3 is 5.73 Å². The van der Waals surface area contributed by atoms with Gasteiger partial charge in [-0.25, -0.2) is 0 Å². The molecule has 0 aromatic carbocycles. The van der Waals surface area contributed by atoms with E-state index in [-0.39, 0.29) is 0 Å². The van der Waals surface area contributed by atoms with Crippen LogP contribution in [0.4, 0.5) is 0 Å². The van der Waals surface area contributed by atoms with Gasteiger partial charge in [-0.1, -0.05) is 27.2 Å². The van der Waals surface area contributed by atoms with E-state index >= 15 is 0 Å². The van der Waals surface area contributed by atoms with E-state index in [1.165, 1.54) is 19.3 Å². The summed E-state index contributed by atoms with van der Waals surface area (Å²) in [7, 11) is 0. The standard InChI is InChI=1S/C9H19N/c1-4-7(2)9(3)6-5-8(9)10/h7-8H,4-6,10H2,1-3H3. The van der Waals surface area contributed by atoms with Crippen molar-refractivity contribution in [2.45, 2.75) is 46.1 Å². The van der Waals surface area contributed by atoms with Gasteiger partial charge in [0.05, 0.1) is 0 Å². The lowest BCUT2D eigenvalue weighted by molar-refractivity contribution is 0.0472. The van der Waals surface area contributed by atoms with E-state index in [1.54, 1.807) is 0 Å². The minimum Gasteiger partial charge on any atom is -0.327 e. The molecule has 0 aromatic rings. The van der Waals surface area contributed by atoms with Crippen molar-refractivity contribution in [1.82, 2.24) is 0 Å². The zero-order valence-corrected chi connectivity index (χ0v) is 7.35. The van der Waals surface area contributed by atoms with E-state index in [0.717, 1.165) is 5.92 Å². The Morgan fingerprint density at radius 2 is 2.30 bits per heavy atom. The zero-order chi connectivity index (χ0) is 7.78. The van der Waals surface area contributed by atoms with Crippen LogP contribution in [0, 0.1) is 11.3 Å². The van der Waals surface area contributed by atoms with E-state index in [4.69, 9.17) is 5.73 Å². The quantitative estimate of drug-likeness (QED) is 0.626. The average molecular weight is 141 g/mol. The van der Waals surface area contributed by atoms with Crippen molar-refractivity contribution >= 4 is 0 Å². The first-order valence-electron chi connectivity index (χ1n) is 4.37. The molecule has 3 atom stereocenters. The summed E-state index contributed by atoms with van der Waals surface area (Å²) in [5, 5.41) is 0. The topological polar surface area (TPSA) is 26.0 Å². The third-order valence-electron chi connectivity index (χ3n) is 3.58. The molecule has 1 rings (SSSR count). The minimum atomic E-state index is 0.467. The maximum absolute atomic E-state index is 5.93. The molecule has 1 nitrogen and oxygen atoms in total. The molecule has 0 aliphatic heterocycles. The highest BCUT2D eigenvalue weighted by molar-refractivity contribution is 4.97. The molecule has 0 amide bonds. The molecule has 0 heterocycles. The molecule has 60 valence electrons. The Morgan fingerprint density at radius 3 is 2.40 bits per heavy atom. The van der Waals surface area contributed by atoms with E-state index < -0.39 is 0 Å². The highest BCUT2D eigenvalue weighted by Gasteiger charge is 2.43. The lowest BCUT2D eigenvalue weighted by Crippen LogP contribution is -2.52. The fourth-order valence-corrected chi connectivity index (χ4v) is 1.84. The molecule has 0 spiro atoms. The normalized spacial score (nSPS) is 42.6. The molecule has 0 radical (unpaired) electrons. The van der Waals surface area contributed by atoms with Crippen LogP contribution in [0.3, 0.4) is 0 Å². The Bertz CT molecular complexity index is 122. The molecule has 2 N–H and O–H groups in total. The Hall–Kier alpha value is -0.0400. The van der Waals surface area contributed by atoms with Crippen LogP contribution in [0.1, 0.15) is 40.0 Å². The zero-order valence-electron chi connectivity index (χ0n) is 7.35. The van der Waals surface area contributed by atoms with Crippen LogP contribution < -0.4 is 5.73 Å². The Morgan fingerprint density at radius 1 is 1.70 bits per heavy atom. The second kappa shape index (κ2) is 2.54. The van der Waals surface area contributed by atoms with Crippen LogP contribution in [0.15, 0.2) is 0 Å². The largest absolute Gasteiger partial charge is 0.327 e. The van der Waals surface area contributed by atoms with Gasteiger partial charge in [-0.15, -0.1) is 0 Å². The summed E-state index contributed by atoms with van der Waals surface area (Å²) in [5.74, 6) is 0.802. The summed E-state index contributed by atoms with van der Waals surface area (Å²) < 4.78 is 0. The van der Waals surface area contributed by atoms with Crippen molar-refractivity contribution in [3.05, 3.63) is 0 Å². The van der Waals surface area contributed by atoms with Crippen molar-refractivity contribution in [3.63, 3.8) is 0 Å². The van der Waals surface area contributed by atoms with E-state index in [1.807, 2.05) is 0 Å². The van der Waals surface area contributed by atoms with Crippen LogP contribution in [-0.4, -0.2) is 6.04 Å². The fourth-order valence-electron chi connectivity index (χ4n) is 1.84. The lowest BCUT2D eigenvalue weighted by atomic mass is 9.59. The van der Waals surface area contributed by atoms with E-state index in [9.17, 15) is 0 Å². The summed E-state index contributed by atoms with van der Waals surface area (Å²) >= 11 is 0. The first kappa shape index (κ1) is 8.06. The van der Waals surface area contributed by atoms with Gasteiger partial charge in [0.25, 0.3) is 0 Å². The highest BCUT2D eigenvalue weighted by Crippen LogP contribution is 2.46. The number of hydrogen-bond acceptors (Lipinski definition) is 1. The highest BCUT2D eigenvalue weighted by atomic mass is 14.7. The monoisotopic (exact) mass is 141 g/mol. The number of nitrogens with two attached hydrogens (primary N) is 1. The Labute approximate surface area is 64.0 Å². The molecular formula is C9H19N. The summed E-state index contributed by atoms with van der Waals surface area (Å²) in [6, 6.07) is 0.474. The SMILES string of the molecule is CCC(C)C1(C)CCC1N. The van der Waals surface area contributed by atoms with Crippen molar-refractivity contribution in [2.24, 2.45) is 17.1 Å². The van der Waals surface area contributed by atoms with Gasteiger partial charge in [0.2, 0.25) is 0 Å². The van der Waals surface area contributed by atoms with Crippen molar-refractivity contribution in [1.29, 1.82) is 0 Å². The summed E-state index contributed by atoms with van der Waals surface area (Å²) in [6.45, 7) is 6.90. The van der Waals surface area contributed by atoms with Gasteiger partial charge in [0.15, 0.2) is 0 Å². The van der Waals surface area contributed by atoms with Crippen LogP contribution in [0.2, 0.25) is 0 Å². The lowest BCUT2D eigenvalue weighted by Gasteiger charge is -2.49. The maximum Gasteiger partial charge on any atom is 0.00956 e. The van der Waals surface area contributed by atoms with E-state index in [2.05, 4.69) is 20.8 Å². The molecule has 1 saturated carbocycles. The average Bonchev–Trinajstić information content (AvgIpc) is 1.98. The maximum atomic E-state index is 5.93. The molecule has 1 heteroatoms. The number of rotatable bonds is 2. The molecule has 0 saturated heterocycles. The molecular weight excluding hydrogens is 122 g/mol. The van der Waals surface area contributed by atoms with Gasteiger partial charge in [-0.2, -0.15) is 0 Å². The predicted molar refractivity (Wildman–Crippen MR) is 44.8 cm³/mol. The smallest absolute Gasteiger partial charge is 0.00956 e. The second-order valence-corrected chi connectivity index (χ2v) is 3.96. The van der Waals surface area contributed by atoms with Crippen molar-refractivity contribution in [3.8, 4) is 0 Å². The van der Waals surface area contributed by atoms with Gasteiger partial charge in [-0.05, 0) is 24.2 Å². The Balaban J connectivity index is 2.51. The van der Waals surface area contributed by atoms with Crippen LogP contribution in [0.5, 0.6) is 0 Å². The summed E-state index contributed by atoms with van der Waals surface area (Å²) in [4.78, 5) is 0. The second-order valence-electron chi connectivity index (χ2n) is 3.96. The summed E-state index contributed by atoms with van der Waals surface area (Å²) in [5.41, 5.74) is 6.40. The predicted octanol–water partition coefficient (Wildman–Crippen LogP) is 2.16. The molecule has 1 fully saturated rings. The first-order chi connectivity index (χ1) is 4.61. The molecule has 0 aromatic heterocycles. The van der Waals surface area contributed by atoms with Crippen LogP contribution in [-0.2, 0) is 0 Å². The molecule has 1 aliphatic rings. The molecule has 1 aliphatic carbocycles. The van der Waals surface area contributed by atoms with Crippen LogP contribution >= 0.6 is 0 Å². The third-order valence-corrected chi connectivity index (χ3v) is 3.58. The first-order valence-corrected chi connectivity index (χ1v) is 4.37. The van der Waals surface area contributed by atoms with Gasteiger partial charge in [0, 0.05) is 6.04 Å². The van der Waals surface area contributed by atoms with Gasteiger partial charge >= 0.3 is 0 Å². The van der Waals surface area contributed by atoms with E-state index in [0.29, 0.717) is 11.5 Å². The van der Waals surface area contributed by atoms with Gasteiger partial charge in [-0.3, -0.25) is 0 Å². The fraction of sp³-hybridized carbons (Fsp3) is 1.00. The third kappa shape index (κ3) is 0.968. The van der Waals surface area contributed by atoms with Crippen molar-refractivity contribution < 1.29 is 0 Å². The Kier molecular flexibility index (Phi) is 2.04. The summed E-state index contributed by atoms with van der Waals surface area (Å²) in [6.07, 6.45) is 3.84. The molecule has 10 heavy (non-hydrogen) atoms. The van der Waals surface area contributed by atoms with Gasteiger partial charge in [0.1, 0.15) is 0 Å². The van der Waals surface area contributed by atoms with Crippen LogP contribution in [0.25, 0.3) is 0 Å².